The highest BCUT2D eigenvalue weighted by Gasteiger charge is 2.38. The molecule has 0 N–H and O–H groups in total. The first-order valence-corrected chi connectivity index (χ1v) is 5.84. The van der Waals surface area contributed by atoms with Crippen molar-refractivity contribution >= 4 is 11.6 Å². The van der Waals surface area contributed by atoms with Crippen LogP contribution in [0, 0.1) is 0 Å². The first-order valence-electron chi connectivity index (χ1n) is 5.31. The number of hydrogen-bond acceptors (Lipinski definition) is 2. The standard InChI is InChI=1S/C11H16ClNO/c1-2-11(5-3-4-6-11)10-9(7-12)13-8-14-10/h8H,2-7H2,1H3. The van der Waals surface area contributed by atoms with Crippen LogP contribution >= 0.6 is 11.6 Å². The zero-order chi connectivity index (χ0) is 10.0. The molecule has 1 aliphatic rings. The van der Waals surface area contributed by atoms with E-state index >= 15 is 0 Å². The van der Waals surface area contributed by atoms with Crippen molar-refractivity contribution in [2.75, 3.05) is 0 Å². The monoisotopic (exact) mass is 213 g/mol. The van der Waals surface area contributed by atoms with Crippen molar-refractivity contribution in [1.29, 1.82) is 0 Å². The highest BCUT2D eigenvalue weighted by Crippen LogP contribution is 2.44. The van der Waals surface area contributed by atoms with E-state index in [0.717, 1.165) is 17.9 Å². The van der Waals surface area contributed by atoms with E-state index in [2.05, 4.69) is 11.9 Å². The maximum Gasteiger partial charge on any atom is 0.181 e. The van der Waals surface area contributed by atoms with E-state index in [0.29, 0.717) is 5.88 Å². The van der Waals surface area contributed by atoms with Gasteiger partial charge in [-0.2, -0.15) is 0 Å². The topological polar surface area (TPSA) is 26.0 Å². The fourth-order valence-corrected chi connectivity index (χ4v) is 2.78. The predicted octanol–water partition coefficient (Wildman–Crippen LogP) is 3.64. The van der Waals surface area contributed by atoms with E-state index < -0.39 is 0 Å². The van der Waals surface area contributed by atoms with Gasteiger partial charge in [0, 0.05) is 5.41 Å². The molecule has 1 aliphatic carbocycles. The summed E-state index contributed by atoms with van der Waals surface area (Å²) in [6, 6.07) is 0. The fraction of sp³-hybridized carbons (Fsp3) is 0.727. The number of oxazole rings is 1. The van der Waals surface area contributed by atoms with Gasteiger partial charge < -0.3 is 4.42 Å². The van der Waals surface area contributed by atoms with Gasteiger partial charge in [0.2, 0.25) is 0 Å². The molecule has 1 fully saturated rings. The first kappa shape index (κ1) is 10.0. The second-order valence-corrected chi connectivity index (χ2v) is 4.37. The zero-order valence-electron chi connectivity index (χ0n) is 8.55. The zero-order valence-corrected chi connectivity index (χ0v) is 9.31. The van der Waals surface area contributed by atoms with Gasteiger partial charge >= 0.3 is 0 Å². The Balaban J connectivity index is 2.35. The number of aromatic nitrogens is 1. The average molecular weight is 214 g/mol. The van der Waals surface area contributed by atoms with Gasteiger partial charge in [-0.1, -0.05) is 19.8 Å². The third-order valence-electron chi connectivity index (χ3n) is 3.49. The van der Waals surface area contributed by atoms with Gasteiger partial charge in [0.15, 0.2) is 6.39 Å². The maximum absolute atomic E-state index is 5.85. The van der Waals surface area contributed by atoms with E-state index in [4.69, 9.17) is 16.0 Å². The fourth-order valence-electron chi connectivity index (χ4n) is 2.59. The van der Waals surface area contributed by atoms with E-state index in [1.807, 2.05) is 0 Å². The molecule has 2 rings (SSSR count). The van der Waals surface area contributed by atoms with Crippen LogP contribution in [-0.4, -0.2) is 4.98 Å². The third kappa shape index (κ3) is 1.46. The van der Waals surface area contributed by atoms with Crippen molar-refractivity contribution in [3.8, 4) is 0 Å². The Morgan fingerprint density at radius 3 is 2.79 bits per heavy atom. The minimum absolute atomic E-state index is 0.237. The second-order valence-electron chi connectivity index (χ2n) is 4.10. The van der Waals surface area contributed by atoms with E-state index in [-0.39, 0.29) is 5.41 Å². The molecule has 1 heterocycles. The first-order chi connectivity index (χ1) is 6.82. The number of halogens is 1. The van der Waals surface area contributed by atoms with Crippen LogP contribution in [0.5, 0.6) is 0 Å². The Morgan fingerprint density at radius 1 is 1.50 bits per heavy atom. The number of nitrogens with zero attached hydrogens (tertiary/aromatic N) is 1. The third-order valence-corrected chi connectivity index (χ3v) is 3.74. The van der Waals surface area contributed by atoms with Gasteiger partial charge in [-0.25, -0.2) is 4.98 Å². The maximum atomic E-state index is 5.85. The Kier molecular flexibility index (Phi) is 2.82. The molecule has 0 aliphatic heterocycles. The van der Waals surface area contributed by atoms with Crippen LogP contribution in [0.2, 0.25) is 0 Å². The lowest BCUT2D eigenvalue weighted by atomic mass is 9.80. The van der Waals surface area contributed by atoms with Crippen LogP contribution in [0.25, 0.3) is 0 Å². The molecule has 1 aromatic heterocycles. The predicted molar refractivity (Wildman–Crippen MR) is 56.5 cm³/mol. The average Bonchev–Trinajstić information content (AvgIpc) is 2.86. The summed E-state index contributed by atoms with van der Waals surface area (Å²) in [6.45, 7) is 2.23. The molecule has 0 unspecified atom stereocenters. The molecule has 0 aromatic carbocycles. The Morgan fingerprint density at radius 2 is 2.21 bits per heavy atom. The second kappa shape index (κ2) is 3.93. The molecule has 14 heavy (non-hydrogen) atoms. The smallest absolute Gasteiger partial charge is 0.181 e. The van der Waals surface area contributed by atoms with Crippen LogP contribution < -0.4 is 0 Å². The van der Waals surface area contributed by atoms with Crippen LogP contribution in [0.4, 0.5) is 0 Å². The van der Waals surface area contributed by atoms with Gasteiger partial charge in [0.05, 0.1) is 11.6 Å². The summed E-state index contributed by atoms with van der Waals surface area (Å²) in [7, 11) is 0. The van der Waals surface area contributed by atoms with Crippen molar-refractivity contribution < 1.29 is 4.42 Å². The molecule has 0 spiro atoms. The lowest BCUT2D eigenvalue weighted by Crippen LogP contribution is -2.21. The molecule has 0 amide bonds. The lowest BCUT2D eigenvalue weighted by Gasteiger charge is -2.25. The van der Waals surface area contributed by atoms with Crippen LogP contribution in [-0.2, 0) is 11.3 Å². The normalized spacial score (nSPS) is 20.1. The molecule has 2 nitrogen and oxygen atoms in total. The van der Waals surface area contributed by atoms with Gasteiger partial charge in [0.25, 0.3) is 0 Å². The van der Waals surface area contributed by atoms with Crippen LogP contribution in [0.3, 0.4) is 0 Å². The Hall–Kier alpha value is -0.500. The molecule has 78 valence electrons. The summed E-state index contributed by atoms with van der Waals surface area (Å²) in [5.74, 6) is 1.51. The minimum atomic E-state index is 0.237. The SMILES string of the molecule is CCC1(c2ocnc2CCl)CCCC1. The summed E-state index contributed by atoms with van der Waals surface area (Å²) >= 11 is 5.85. The molecule has 0 saturated heterocycles. The summed E-state index contributed by atoms with van der Waals surface area (Å²) in [4.78, 5) is 4.17. The molecule has 1 aromatic rings. The summed E-state index contributed by atoms with van der Waals surface area (Å²) in [6.07, 6.45) is 7.71. The van der Waals surface area contributed by atoms with E-state index in [1.54, 1.807) is 0 Å². The van der Waals surface area contributed by atoms with Gasteiger partial charge in [0.1, 0.15) is 5.76 Å². The highest BCUT2D eigenvalue weighted by atomic mass is 35.5. The summed E-state index contributed by atoms with van der Waals surface area (Å²) in [5.41, 5.74) is 1.18. The Bertz CT molecular complexity index is 302. The van der Waals surface area contributed by atoms with Crippen molar-refractivity contribution in [3.63, 3.8) is 0 Å². The molecular weight excluding hydrogens is 198 g/mol. The van der Waals surface area contributed by atoms with Gasteiger partial charge in [-0.05, 0) is 19.3 Å². The number of hydrogen-bond donors (Lipinski definition) is 0. The lowest BCUT2D eigenvalue weighted by molar-refractivity contribution is 0.327. The molecule has 0 bridgehead atoms. The van der Waals surface area contributed by atoms with Gasteiger partial charge in [-0.3, -0.25) is 0 Å². The largest absolute Gasteiger partial charge is 0.448 e. The van der Waals surface area contributed by atoms with Crippen molar-refractivity contribution in [3.05, 3.63) is 17.8 Å². The van der Waals surface area contributed by atoms with Crippen LogP contribution in [0.1, 0.15) is 50.5 Å². The Labute approximate surface area is 89.7 Å². The molecular formula is C11H16ClNO. The number of alkyl halides is 1. The molecule has 0 atom stereocenters. The van der Waals surface area contributed by atoms with E-state index in [9.17, 15) is 0 Å². The molecule has 0 radical (unpaired) electrons. The van der Waals surface area contributed by atoms with Gasteiger partial charge in [-0.15, -0.1) is 11.6 Å². The van der Waals surface area contributed by atoms with Crippen molar-refractivity contribution in [2.45, 2.75) is 50.3 Å². The van der Waals surface area contributed by atoms with Crippen molar-refractivity contribution in [2.24, 2.45) is 0 Å². The summed E-state index contributed by atoms with van der Waals surface area (Å²) in [5, 5.41) is 0. The summed E-state index contributed by atoms with van der Waals surface area (Å²) < 4.78 is 5.54. The van der Waals surface area contributed by atoms with Crippen molar-refractivity contribution in [1.82, 2.24) is 4.98 Å². The quantitative estimate of drug-likeness (QED) is 0.717. The van der Waals surface area contributed by atoms with Crippen LogP contribution in [0.15, 0.2) is 10.8 Å². The number of rotatable bonds is 3. The minimum Gasteiger partial charge on any atom is -0.448 e. The van der Waals surface area contributed by atoms with E-state index in [1.165, 1.54) is 32.1 Å². The molecule has 3 heteroatoms. The molecule has 1 saturated carbocycles. The highest BCUT2D eigenvalue weighted by molar-refractivity contribution is 6.16.